The molecule has 1 unspecified atom stereocenters. The minimum Gasteiger partial charge on any atom is -0.453 e. The molecule has 8 nitrogen and oxygen atoms in total. The third kappa shape index (κ3) is 6.05. The van der Waals surface area contributed by atoms with Gasteiger partial charge in [0.1, 0.15) is 11.6 Å². The van der Waals surface area contributed by atoms with Crippen LogP contribution in [0.3, 0.4) is 0 Å². The number of amides is 1. The summed E-state index contributed by atoms with van der Waals surface area (Å²) >= 11 is 0. The lowest BCUT2D eigenvalue weighted by Crippen LogP contribution is -2.56. The number of ether oxygens (including phenoxy) is 1. The van der Waals surface area contributed by atoms with Gasteiger partial charge >= 0.3 is 6.09 Å². The van der Waals surface area contributed by atoms with Gasteiger partial charge in [-0.25, -0.2) is 14.2 Å². The summed E-state index contributed by atoms with van der Waals surface area (Å²) in [4.78, 5) is 22.0. The Morgan fingerprint density at radius 2 is 1.91 bits per heavy atom. The molecule has 1 saturated carbocycles. The second-order valence-corrected chi connectivity index (χ2v) is 12.9. The van der Waals surface area contributed by atoms with Gasteiger partial charge in [0, 0.05) is 61.6 Å². The molecule has 6 rings (SSSR count). The fourth-order valence-electron chi connectivity index (χ4n) is 8.32. The largest absolute Gasteiger partial charge is 0.453 e. The van der Waals surface area contributed by atoms with E-state index in [0.29, 0.717) is 23.9 Å². The molecule has 0 bridgehead atoms. The smallest absolute Gasteiger partial charge is 0.407 e. The molecule has 2 aliphatic heterocycles. The van der Waals surface area contributed by atoms with E-state index in [1.165, 1.54) is 18.9 Å². The predicted molar refractivity (Wildman–Crippen MR) is 168 cm³/mol. The third-order valence-corrected chi connectivity index (χ3v) is 10.5. The number of hydrogen-bond acceptors (Lipinski definition) is 6. The van der Waals surface area contributed by atoms with Gasteiger partial charge in [0.05, 0.1) is 18.7 Å². The van der Waals surface area contributed by atoms with E-state index in [2.05, 4.69) is 36.8 Å². The fraction of sp³-hybridized carbons (Fsp3) is 0.514. The molecule has 3 aromatic rings. The summed E-state index contributed by atoms with van der Waals surface area (Å²) in [6, 6.07) is 17.2. The van der Waals surface area contributed by atoms with Gasteiger partial charge in [0.2, 0.25) is 0 Å². The molecule has 44 heavy (non-hydrogen) atoms. The maximum atomic E-state index is 15.0. The number of halogens is 1. The predicted octanol–water partition coefficient (Wildman–Crippen LogP) is 5.51. The Morgan fingerprint density at radius 3 is 2.57 bits per heavy atom. The SMILES string of the molecule is COC(=O)N[C@H]1CCC[C@@H]1C(Cn1ccnc1C)(c1cccc(F)c1)C1CCN(CC2CN(c3ccc(C#N)cc3)C2)CC1. The standard InChI is InChI=1S/C35H43FN6O2/c1-25-38-15-18-41(25)24-35(29-5-3-6-30(36)19-29,32-7-4-8-33(32)39-34(43)44-2)28-13-16-40(17-14-28)21-27-22-42(23-27)31-11-9-26(20-37)10-12-31/h3,5-6,9-12,15,18-19,27-28,32-33H,4,7-8,13-14,16-17,21-24H2,1-2H3,(H,39,43)/t32-,33-,35?/m0/s1. The number of nitrogens with one attached hydrogen (secondary N) is 1. The highest BCUT2D eigenvalue weighted by Crippen LogP contribution is 2.52. The molecular formula is C35H43FN6O2. The molecule has 0 radical (unpaired) electrons. The number of carbonyl (C=O) groups excluding carboxylic acids is 1. The summed E-state index contributed by atoms with van der Waals surface area (Å²) in [5, 5.41) is 12.3. The maximum Gasteiger partial charge on any atom is 0.407 e. The summed E-state index contributed by atoms with van der Waals surface area (Å²) in [6.07, 6.45) is 8.35. The van der Waals surface area contributed by atoms with Gasteiger partial charge in [0.15, 0.2) is 0 Å². The van der Waals surface area contributed by atoms with Crippen molar-refractivity contribution in [2.45, 2.75) is 57.0 Å². The lowest BCUT2D eigenvalue weighted by molar-refractivity contribution is 0.0543. The monoisotopic (exact) mass is 598 g/mol. The minimum absolute atomic E-state index is 0.0456. The van der Waals surface area contributed by atoms with Crippen LogP contribution in [0.25, 0.3) is 0 Å². The van der Waals surface area contributed by atoms with Gasteiger partial charge in [-0.2, -0.15) is 5.26 Å². The number of carbonyl (C=O) groups is 1. The van der Waals surface area contributed by atoms with E-state index in [1.54, 1.807) is 6.07 Å². The molecule has 1 N–H and O–H groups in total. The zero-order chi connectivity index (χ0) is 30.7. The second-order valence-electron chi connectivity index (χ2n) is 12.9. The van der Waals surface area contributed by atoms with Gasteiger partial charge in [0.25, 0.3) is 0 Å². The van der Waals surface area contributed by atoms with E-state index < -0.39 is 6.09 Å². The fourth-order valence-corrected chi connectivity index (χ4v) is 8.32. The third-order valence-electron chi connectivity index (χ3n) is 10.5. The van der Waals surface area contributed by atoms with Gasteiger partial charge < -0.3 is 24.4 Å². The zero-order valence-corrected chi connectivity index (χ0v) is 25.8. The Kier molecular flexibility index (Phi) is 8.90. The first-order chi connectivity index (χ1) is 21.4. The Balaban J connectivity index is 1.22. The van der Waals surface area contributed by atoms with Crippen molar-refractivity contribution in [1.29, 1.82) is 5.26 Å². The average Bonchev–Trinajstić information content (AvgIpc) is 3.66. The summed E-state index contributed by atoms with van der Waals surface area (Å²) in [5.41, 5.74) is 2.51. The van der Waals surface area contributed by atoms with Crippen LogP contribution in [0.5, 0.6) is 0 Å². The number of benzene rings is 2. The van der Waals surface area contributed by atoms with Crippen molar-refractivity contribution in [1.82, 2.24) is 19.8 Å². The van der Waals surface area contributed by atoms with Crippen LogP contribution in [0, 0.1) is 41.8 Å². The molecule has 3 aliphatic rings. The van der Waals surface area contributed by atoms with Crippen molar-refractivity contribution in [2.75, 3.05) is 44.7 Å². The van der Waals surface area contributed by atoms with Crippen molar-refractivity contribution in [3.8, 4) is 6.07 Å². The Labute approximate surface area is 259 Å². The zero-order valence-electron chi connectivity index (χ0n) is 25.8. The van der Waals surface area contributed by atoms with Crippen LogP contribution < -0.4 is 10.2 Å². The molecule has 1 amide bonds. The van der Waals surface area contributed by atoms with Crippen molar-refractivity contribution >= 4 is 11.8 Å². The van der Waals surface area contributed by atoms with Crippen LogP contribution in [0.4, 0.5) is 14.9 Å². The first kappa shape index (κ1) is 30.1. The van der Waals surface area contributed by atoms with E-state index in [9.17, 15) is 9.18 Å². The van der Waals surface area contributed by atoms with Gasteiger partial charge in [-0.15, -0.1) is 0 Å². The molecule has 9 heteroatoms. The number of rotatable bonds is 9. The number of piperidine rings is 1. The first-order valence-electron chi connectivity index (χ1n) is 16.0. The van der Waals surface area contributed by atoms with E-state index in [-0.39, 0.29) is 23.2 Å². The molecule has 3 fully saturated rings. The minimum atomic E-state index is -0.403. The van der Waals surface area contributed by atoms with E-state index in [1.807, 2.05) is 49.6 Å². The van der Waals surface area contributed by atoms with Crippen molar-refractivity contribution < 1.29 is 13.9 Å². The number of nitriles is 1. The molecule has 3 heterocycles. The Hall–Kier alpha value is -3.90. The quantitative estimate of drug-likeness (QED) is 0.350. The molecular weight excluding hydrogens is 555 g/mol. The van der Waals surface area contributed by atoms with E-state index >= 15 is 0 Å². The number of nitrogens with zero attached hydrogens (tertiary/aromatic N) is 5. The van der Waals surface area contributed by atoms with Crippen LogP contribution >= 0.6 is 0 Å². The average molecular weight is 599 g/mol. The summed E-state index contributed by atoms with van der Waals surface area (Å²) in [5.74, 6) is 1.78. The highest BCUT2D eigenvalue weighted by Gasteiger charge is 2.52. The second kappa shape index (κ2) is 13.0. The van der Waals surface area contributed by atoms with Gasteiger partial charge in [-0.05, 0) is 99.5 Å². The number of aromatic nitrogens is 2. The van der Waals surface area contributed by atoms with Crippen molar-refractivity contribution in [3.05, 3.63) is 83.7 Å². The topological polar surface area (TPSA) is 86.4 Å². The molecule has 1 aliphatic carbocycles. The summed E-state index contributed by atoms with van der Waals surface area (Å²) in [6.45, 7) is 7.85. The first-order valence-corrected chi connectivity index (χ1v) is 16.0. The summed E-state index contributed by atoms with van der Waals surface area (Å²) < 4.78 is 22.2. The molecule has 3 atom stereocenters. The number of likely N-dealkylation sites (tertiary alicyclic amines) is 1. The van der Waals surface area contributed by atoms with Gasteiger partial charge in [-0.1, -0.05) is 18.6 Å². The number of aryl methyl sites for hydroxylation is 1. The molecule has 1 aromatic heterocycles. The highest BCUT2D eigenvalue weighted by molar-refractivity contribution is 5.67. The lowest BCUT2D eigenvalue weighted by atomic mass is 9.58. The Bertz CT molecular complexity index is 1470. The van der Waals surface area contributed by atoms with E-state index in [0.717, 1.165) is 76.2 Å². The van der Waals surface area contributed by atoms with Crippen molar-refractivity contribution in [2.24, 2.45) is 17.8 Å². The van der Waals surface area contributed by atoms with E-state index in [4.69, 9.17) is 10.00 Å². The van der Waals surface area contributed by atoms with Crippen LogP contribution in [-0.4, -0.2) is 66.4 Å². The molecule has 232 valence electrons. The Morgan fingerprint density at radius 1 is 1.14 bits per heavy atom. The van der Waals surface area contributed by atoms with Crippen molar-refractivity contribution in [3.63, 3.8) is 0 Å². The number of methoxy groups -OCH3 is 1. The van der Waals surface area contributed by atoms with Crippen LogP contribution in [-0.2, 0) is 16.7 Å². The van der Waals surface area contributed by atoms with Crippen LogP contribution in [0.2, 0.25) is 0 Å². The molecule has 2 aromatic carbocycles. The number of hydrogen-bond donors (Lipinski definition) is 1. The van der Waals surface area contributed by atoms with Crippen LogP contribution in [0.1, 0.15) is 49.1 Å². The number of alkyl carbamates (subject to hydrolysis) is 1. The van der Waals surface area contributed by atoms with Crippen LogP contribution in [0.15, 0.2) is 60.9 Å². The summed E-state index contributed by atoms with van der Waals surface area (Å²) in [7, 11) is 1.41. The number of imidazole rings is 1. The highest BCUT2D eigenvalue weighted by atomic mass is 19.1. The molecule has 0 spiro atoms. The number of anilines is 1. The lowest BCUT2D eigenvalue weighted by Gasteiger charge is -2.51. The van der Waals surface area contributed by atoms with Gasteiger partial charge in [-0.3, -0.25) is 0 Å². The molecule has 2 saturated heterocycles. The normalized spacial score (nSPS) is 22.6. The maximum absolute atomic E-state index is 15.0.